The Bertz CT molecular complexity index is 1310. The maximum Gasteiger partial charge on any atom is 0.343 e. The number of rotatable bonds is 5. The molecule has 0 saturated carbocycles. The van der Waals surface area contributed by atoms with Crippen LogP contribution in [-0.4, -0.2) is 17.8 Å². The van der Waals surface area contributed by atoms with Gasteiger partial charge < -0.3 is 10.1 Å². The molecule has 0 aliphatic carbocycles. The third kappa shape index (κ3) is 4.38. The third-order valence-corrected chi connectivity index (χ3v) is 5.66. The Labute approximate surface area is 196 Å². The summed E-state index contributed by atoms with van der Waals surface area (Å²) in [4.78, 5) is 39.2. The quantitative estimate of drug-likeness (QED) is 0.319. The van der Waals surface area contributed by atoms with Crippen molar-refractivity contribution < 1.29 is 19.1 Å². The Morgan fingerprint density at radius 1 is 0.879 bits per heavy atom. The van der Waals surface area contributed by atoms with Crippen molar-refractivity contribution in [3.8, 4) is 5.75 Å². The molecule has 0 atom stereocenters. The molecule has 1 aliphatic rings. The van der Waals surface area contributed by atoms with Crippen molar-refractivity contribution in [2.75, 3.05) is 10.2 Å². The molecule has 1 heterocycles. The zero-order chi connectivity index (χ0) is 23.7. The van der Waals surface area contributed by atoms with Crippen molar-refractivity contribution in [2.45, 2.75) is 20.8 Å². The van der Waals surface area contributed by atoms with Gasteiger partial charge in [0.15, 0.2) is 0 Å². The Balaban J connectivity index is 1.50. The SMILES string of the molecule is Cc1ccc(N2C(=O)C(Cl)=C(Nc3ccc(C(=O)Oc4ccccc4C)cc3)C2=O)c(C)c1. The highest BCUT2D eigenvalue weighted by atomic mass is 35.5. The number of halogens is 1. The van der Waals surface area contributed by atoms with E-state index in [1.807, 2.05) is 45.0 Å². The number of ether oxygens (including phenoxy) is 1. The minimum atomic E-state index is -0.588. The number of benzene rings is 3. The first-order chi connectivity index (χ1) is 15.8. The smallest absolute Gasteiger partial charge is 0.343 e. The standard InChI is InChI=1S/C26H21ClN2O4/c1-15-8-13-20(17(3)14-15)29-24(30)22(27)23(25(29)31)28-19-11-9-18(10-12-19)26(32)33-21-7-5-4-6-16(21)2/h4-14,28H,1-3H3. The molecular formula is C26H21ClN2O4. The van der Waals surface area contributed by atoms with E-state index in [0.29, 0.717) is 22.7 Å². The predicted molar refractivity (Wildman–Crippen MR) is 127 cm³/mol. The van der Waals surface area contributed by atoms with E-state index in [0.717, 1.165) is 21.6 Å². The number of nitrogens with zero attached hydrogens (tertiary/aromatic N) is 1. The molecule has 1 N–H and O–H groups in total. The second-order valence-corrected chi connectivity index (χ2v) is 8.16. The highest BCUT2D eigenvalue weighted by Crippen LogP contribution is 2.32. The Morgan fingerprint density at radius 3 is 2.24 bits per heavy atom. The maximum absolute atomic E-state index is 13.0. The van der Waals surface area contributed by atoms with Gasteiger partial charge in [0.2, 0.25) is 0 Å². The summed E-state index contributed by atoms with van der Waals surface area (Å²) in [6.45, 7) is 5.62. The summed E-state index contributed by atoms with van der Waals surface area (Å²) in [5, 5.41) is 2.72. The molecule has 3 aromatic carbocycles. The molecule has 0 fully saturated rings. The first kappa shape index (κ1) is 22.3. The second-order valence-electron chi connectivity index (χ2n) is 7.78. The zero-order valence-electron chi connectivity index (χ0n) is 18.3. The lowest BCUT2D eigenvalue weighted by atomic mass is 10.1. The molecule has 2 amide bonds. The minimum Gasteiger partial charge on any atom is -0.423 e. The number of carbonyl (C=O) groups is 3. The number of aryl methyl sites for hydroxylation is 3. The van der Waals surface area contributed by atoms with Crippen LogP contribution in [0.15, 0.2) is 77.5 Å². The molecule has 0 radical (unpaired) electrons. The highest BCUT2D eigenvalue weighted by Gasteiger charge is 2.39. The van der Waals surface area contributed by atoms with Gasteiger partial charge in [0.25, 0.3) is 11.8 Å². The Kier molecular flexibility index (Phi) is 6.03. The summed E-state index contributed by atoms with van der Waals surface area (Å²) in [7, 11) is 0. The fourth-order valence-electron chi connectivity index (χ4n) is 3.55. The Morgan fingerprint density at radius 2 is 1.58 bits per heavy atom. The molecule has 0 spiro atoms. The van der Waals surface area contributed by atoms with Crippen molar-refractivity contribution in [1.82, 2.24) is 0 Å². The summed E-state index contributed by atoms with van der Waals surface area (Å²) in [5.74, 6) is -1.14. The van der Waals surface area contributed by atoms with Gasteiger partial charge in [-0.15, -0.1) is 0 Å². The van der Waals surface area contributed by atoms with E-state index >= 15 is 0 Å². The fourth-order valence-corrected chi connectivity index (χ4v) is 3.76. The molecule has 0 saturated heterocycles. The van der Waals surface area contributed by atoms with Crippen LogP contribution in [0.1, 0.15) is 27.0 Å². The van der Waals surface area contributed by atoms with Gasteiger partial charge in [0, 0.05) is 5.69 Å². The first-order valence-corrected chi connectivity index (χ1v) is 10.6. The lowest BCUT2D eigenvalue weighted by molar-refractivity contribution is -0.120. The summed E-state index contributed by atoms with van der Waals surface area (Å²) in [5.41, 5.74) is 3.97. The van der Waals surface area contributed by atoms with Crippen molar-refractivity contribution in [2.24, 2.45) is 0 Å². The number of hydrogen-bond donors (Lipinski definition) is 1. The summed E-state index contributed by atoms with van der Waals surface area (Å²) < 4.78 is 5.44. The van der Waals surface area contributed by atoms with E-state index < -0.39 is 17.8 Å². The largest absolute Gasteiger partial charge is 0.423 e. The number of carbonyl (C=O) groups excluding carboxylic acids is 3. The normalized spacial score (nSPS) is 13.5. The van der Waals surface area contributed by atoms with Gasteiger partial charge in [0.05, 0.1) is 11.3 Å². The lowest BCUT2D eigenvalue weighted by Gasteiger charge is -2.18. The van der Waals surface area contributed by atoms with Crippen LogP contribution in [0.2, 0.25) is 0 Å². The number of para-hydroxylation sites is 1. The zero-order valence-corrected chi connectivity index (χ0v) is 19.1. The van der Waals surface area contributed by atoms with Gasteiger partial charge >= 0.3 is 5.97 Å². The molecular weight excluding hydrogens is 440 g/mol. The molecule has 3 aromatic rings. The van der Waals surface area contributed by atoms with Gasteiger partial charge in [0.1, 0.15) is 16.5 Å². The third-order valence-electron chi connectivity index (χ3n) is 5.31. The molecule has 1 aliphatic heterocycles. The van der Waals surface area contributed by atoms with Gasteiger partial charge in [-0.1, -0.05) is 47.5 Å². The van der Waals surface area contributed by atoms with Crippen molar-refractivity contribution in [3.63, 3.8) is 0 Å². The Hall–Kier alpha value is -3.90. The second kappa shape index (κ2) is 8.92. The molecule has 7 heteroatoms. The van der Waals surface area contributed by atoms with E-state index in [-0.39, 0.29) is 10.7 Å². The van der Waals surface area contributed by atoms with Gasteiger partial charge in [-0.25, -0.2) is 9.69 Å². The molecule has 6 nitrogen and oxygen atoms in total. The lowest BCUT2D eigenvalue weighted by Crippen LogP contribution is -2.32. The number of esters is 1. The van der Waals surface area contributed by atoms with Crippen molar-refractivity contribution >= 4 is 40.8 Å². The van der Waals surface area contributed by atoms with Crippen molar-refractivity contribution in [1.29, 1.82) is 0 Å². The highest BCUT2D eigenvalue weighted by molar-refractivity contribution is 6.53. The number of hydrogen-bond acceptors (Lipinski definition) is 5. The summed E-state index contributed by atoms with van der Waals surface area (Å²) in [6, 6.07) is 19.1. The molecule has 0 aromatic heterocycles. The van der Waals surface area contributed by atoms with Crippen LogP contribution in [0.25, 0.3) is 0 Å². The summed E-state index contributed by atoms with van der Waals surface area (Å²) in [6.07, 6.45) is 0. The van der Waals surface area contributed by atoms with E-state index in [1.54, 1.807) is 42.5 Å². The predicted octanol–water partition coefficient (Wildman–Crippen LogP) is 5.27. The monoisotopic (exact) mass is 460 g/mol. The van der Waals surface area contributed by atoms with Gasteiger partial charge in [-0.3, -0.25) is 9.59 Å². The molecule has 166 valence electrons. The van der Waals surface area contributed by atoms with Crippen molar-refractivity contribution in [3.05, 3.63) is 99.7 Å². The maximum atomic E-state index is 13.0. The van der Waals surface area contributed by atoms with Gasteiger partial charge in [-0.2, -0.15) is 0 Å². The first-order valence-electron chi connectivity index (χ1n) is 10.3. The van der Waals surface area contributed by atoms with E-state index in [9.17, 15) is 14.4 Å². The van der Waals surface area contributed by atoms with Gasteiger partial charge in [-0.05, 0) is 68.3 Å². The number of amides is 2. The average Bonchev–Trinajstić information content (AvgIpc) is 2.99. The van der Waals surface area contributed by atoms with Crippen LogP contribution in [0, 0.1) is 20.8 Å². The number of anilines is 2. The van der Waals surface area contributed by atoms with Crippen LogP contribution in [0.4, 0.5) is 11.4 Å². The minimum absolute atomic E-state index is 0.0168. The van der Waals surface area contributed by atoms with E-state index in [1.165, 1.54) is 0 Å². The van der Waals surface area contributed by atoms with E-state index in [2.05, 4.69) is 5.32 Å². The van der Waals surface area contributed by atoms with Crippen LogP contribution in [0.5, 0.6) is 5.75 Å². The number of imide groups is 1. The molecule has 0 unspecified atom stereocenters. The fraction of sp³-hybridized carbons (Fsp3) is 0.115. The van der Waals surface area contributed by atoms with Crippen LogP contribution in [0.3, 0.4) is 0 Å². The van der Waals surface area contributed by atoms with Crippen LogP contribution < -0.4 is 15.0 Å². The molecule has 33 heavy (non-hydrogen) atoms. The van der Waals surface area contributed by atoms with Crippen LogP contribution in [-0.2, 0) is 9.59 Å². The summed E-state index contributed by atoms with van der Waals surface area (Å²) >= 11 is 6.22. The van der Waals surface area contributed by atoms with Crippen LogP contribution >= 0.6 is 11.6 Å². The molecule has 0 bridgehead atoms. The topological polar surface area (TPSA) is 75.7 Å². The molecule has 4 rings (SSSR count). The van der Waals surface area contributed by atoms with E-state index in [4.69, 9.17) is 16.3 Å². The average molecular weight is 461 g/mol. The number of nitrogens with one attached hydrogen (secondary N) is 1.